The molecular weight excluding hydrogens is 339 g/mol. The summed E-state index contributed by atoms with van der Waals surface area (Å²) in [6.45, 7) is 3.89. The van der Waals surface area contributed by atoms with E-state index in [0.717, 1.165) is 50.3 Å². The van der Waals surface area contributed by atoms with Gasteiger partial charge in [-0.2, -0.15) is 0 Å². The molecular formula is C20H28ClFN2O. The van der Waals surface area contributed by atoms with Crippen LogP contribution in [0.5, 0.6) is 0 Å². The topological polar surface area (TPSA) is 41.1 Å². The first kappa shape index (κ1) is 18.7. The maximum atomic E-state index is 13.2. The third kappa shape index (κ3) is 4.95. The zero-order valence-electron chi connectivity index (χ0n) is 14.9. The second-order valence-electron chi connectivity index (χ2n) is 7.94. The lowest BCUT2D eigenvalue weighted by molar-refractivity contribution is -0.124. The van der Waals surface area contributed by atoms with Gasteiger partial charge in [0.25, 0.3) is 0 Å². The van der Waals surface area contributed by atoms with Crippen LogP contribution in [0.1, 0.15) is 63.4 Å². The molecule has 3 rings (SSSR count). The van der Waals surface area contributed by atoms with Gasteiger partial charge in [0.2, 0.25) is 5.91 Å². The molecule has 2 fully saturated rings. The molecule has 2 N–H and O–H groups in total. The summed E-state index contributed by atoms with van der Waals surface area (Å²) in [6.07, 6.45) is 7.35. The van der Waals surface area contributed by atoms with Gasteiger partial charge < -0.3 is 10.6 Å². The minimum Gasteiger partial charge on any atom is -0.356 e. The van der Waals surface area contributed by atoms with E-state index in [2.05, 4.69) is 17.6 Å². The third-order valence-corrected chi connectivity index (χ3v) is 6.23. The van der Waals surface area contributed by atoms with Crippen molar-refractivity contribution in [2.24, 2.45) is 5.92 Å². The molecule has 1 unspecified atom stereocenters. The summed E-state index contributed by atoms with van der Waals surface area (Å²) >= 11 is 6.21. The van der Waals surface area contributed by atoms with Crippen LogP contribution in [0.4, 0.5) is 4.39 Å². The van der Waals surface area contributed by atoms with Crippen molar-refractivity contribution in [1.82, 2.24) is 10.6 Å². The van der Waals surface area contributed by atoms with E-state index >= 15 is 0 Å². The van der Waals surface area contributed by atoms with Crippen LogP contribution in [-0.2, 0) is 4.79 Å². The summed E-state index contributed by atoms with van der Waals surface area (Å²) in [5.41, 5.74) is 1.04. The van der Waals surface area contributed by atoms with E-state index in [1.165, 1.54) is 25.0 Å². The molecule has 1 amide bonds. The molecule has 3 nitrogen and oxygen atoms in total. The first-order valence-corrected chi connectivity index (χ1v) is 9.80. The lowest BCUT2D eigenvalue weighted by Crippen LogP contribution is -2.52. The number of benzene rings is 1. The Balaban J connectivity index is 1.43. The minimum atomic E-state index is -0.265. The predicted molar refractivity (Wildman–Crippen MR) is 99.4 cm³/mol. The van der Waals surface area contributed by atoms with Crippen LogP contribution in [0.15, 0.2) is 18.2 Å². The van der Waals surface area contributed by atoms with E-state index < -0.39 is 0 Å². The number of hydrogen-bond donors (Lipinski definition) is 2. The Kier molecular flexibility index (Phi) is 6.00. The van der Waals surface area contributed by atoms with Crippen molar-refractivity contribution < 1.29 is 9.18 Å². The van der Waals surface area contributed by atoms with Crippen molar-refractivity contribution in [3.63, 3.8) is 0 Å². The van der Waals surface area contributed by atoms with Gasteiger partial charge in [0.1, 0.15) is 5.82 Å². The molecule has 0 bridgehead atoms. The molecule has 1 saturated heterocycles. The van der Waals surface area contributed by atoms with Crippen LogP contribution >= 0.6 is 11.6 Å². The number of hydrogen-bond acceptors (Lipinski definition) is 2. The van der Waals surface area contributed by atoms with Crippen LogP contribution < -0.4 is 10.6 Å². The number of carbonyl (C=O) groups is 1. The summed E-state index contributed by atoms with van der Waals surface area (Å²) in [4.78, 5) is 11.6. The first-order valence-electron chi connectivity index (χ1n) is 9.42. The molecule has 0 aromatic heterocycles. The fourth-order valence-electron chi connectivity index (χ4n) is 4.31. The number of rotatable bonds is 5. The van der Waals surface area contributed by atoms with Gasteiger partial charge in [0.05, 0.1) is 0 Å². The van der Waals surface area contributed by atoms with Gasteiger partial charge in [-0.15, -0.1) is 0 Å². The smallest absolute Gasteiger partial charge is 0.221 e. The molecule has 5 heteroatoms. The normalized spacial score (nSPS) is 30.1. The zero-order chi connectivity index (χ0) is 17.9. The van der Waals surface area contributed by atoms with Crippen LogP contribution in [0.3, 0.4) is 0 Å². The maximum absolute atomic E-state index is 13.2. The Morgan fingerprint density at radius 1 is 1.32 bits per heavy atom. The molecule has 1 heterocycles. The van der Waals surface area contributed by atoms with Crippen molar-refractivity contribution in [3.8, 4) is 0 Å². The number of nitrogens with one attached hydrogen (secondary N) is 2. The molecule has 1 aliphatic heterocycles. The third-order valence-electron chi connectivity index (χ3n) is 5.90. The summed E-state index contributed by atoms with van der Waals surface area (Å²) in [6, 6.07) is 4.78. The van der Waals surface area contributed by atoms with Gasteiger partial charge in [-0.25, -0.2) is 4.39 Å². The van der Waals surface area contributed by atoms with E-state index in [4.69, 9.17) is 11.6 Å². The zero-order valence-corrected chi connectivity index (χ0v) is 15.7. The maximum Gasteiger partial charge on any atom is 0.221 e. The molecule has 1 saturated carbocycles. The number of halogens is 2. The highest BCUT2D eigenvalue weighted by molar-refractivity contribution is 6.31. The molecule has 1 aromatic carbocycles. The average molecular weight is 367 g/mol. The van der Waals surface area contributed by atoms with Crippen LogP contribution in [-0.4, -0.2) is 24.5 Å². The number of piperidine rings is 1. The lowest BCUT2D eigenvalue weighted by Gasteiger charge is -2.35. The predicted octanol–water partition coefficient (Wildman–Crippen LogP) is 4.40. The second kappa shape index (κ2) is 8.05. The average Bonchev–Trinajstić information content (AvgIpc) is 2.55. The summed E-state index contributed by atoms with van der Waals surface area (Å²) in [5, 5.41) is 7.07. The first-order chi connectivity index (χ1) is 12.0. The summed E-state index contributed by atoms with van der Waals surface area (Å²) in [7, 11) is 0. The van der Waals surface area contributed by atoms with Gasteiger partial charge in [-0.1, -0.05) is 17.7 Å². The highest BCUT2D eigenvalue weighted by Gasteiger charge is 2.31. The van der Waals surface area contributed by atoms with Gasteiger partial charge in [0.15, 0.2) is 0 Å². The summed E-state index contributed by atoms with van der Waals surface area (Å²) < 4.78 is 13.2. The summed E-state index contributed by atoms with van der Waals surface area (Å²) in [5.74, 6) is 1.07. The van der Waals surface area contributed by atoms with Gasteiger partial charge in [-0.3, -0.25) is 4.79 Å². The second-order valence-corrected chi connectivity index (χ2v) is 8.34. The highest BCUT2D eigenvalue weighted by Crippen LogP contribution is 2.39. The van der Waals surface area contributed by atoms with E-state index in [1.54, 1.807) is 0 Å². The van der Waals surface area contributed by atoms with Crippen molar-refractivity contribution >= 4 is 17.5 Å². The Bertz CT molecular complexity index is 616. The van der Waals surface area contributed by atoms with Crippen LogP contribution in [0.25, 0.3) is 0 Å². The van der Waals surface area contributed by atoms with Gasteiger partial charge in [0, 0.05) is 23.5 Å². The van der Waals surface area contributed by atoms with Crippen molar-refractivity contribution in [2.75, 3.05) is 13.1 Å². The number of carbonyl (C=O) groups excluding carboxylic acids is 1. The van der Waals surface area contributed by atoms with Crippen molar-refractivity contribution in [1.29, 1.82) is 0 Å². The Hall–Kier alpha value is -1.13. The van der Waals surface area contributed by atoms with Gasteiger partial charge >= 0.3 is 0 Å². The quantitative estimate of drug-likeness (QED) is 0.810. The SMILES string of the molecule is CC1(NCC[C@H]2CC[C@@H](c3ccc(F)cc3Cl)CC2)CCNC(=O)C1. The molecule has 138 valence electrons. The molecule has 0 radical (unpaired) electrons. The fourth-order valence-corrected chi connectivity index (χ4v) is 4.63. The van der Waals surface area contributed by atoms with Crippen molar-refractivity contribution in [3.05, 3.63) is 34.6 Å². The Morgan fingerprint density at radius 2 is 2.08 bits per heavy atom. The molecule has 2 aliphatic rings. The minimum absolute atomic E-state index is 0.0544. The molecule has 1 aromatic rings. The Labute approximate surface area is 154 Å². The van der Waals surface area contributed by atoms with Crippen LogP contribution in [0.2, 0.25) is 5.02 Å². The van der Waals surface area contributed by atoms with E-state index in [9.17, 15) is 9.18 Å². The van der Waals surface area contributed by atoms with E-state index in [1.807, 2.05) is 6.07 Å². The molecule has 1 atom stereocenters. The molecule has 25 heavy (non-hydrogen) atoms. The monoisotopic (exact) mass is 366 g/mol. The van der Waals surface area contributed by atoms with Gasteiger partial charge in [-0.05, 0) is 81.5 Å². The molecule has 1 aliphatic carbocycles. The molecule has 0 spiro atoms. The largest absolute Gasteiger partial charge is 0.356 e. The highest BCUT2D eigenvalue weighted by atomic mass is 35.5. The standard InChI is InChI=1S/C20H28ClFN2O/c1-20(9-11-23-19(25)13-20)24-10-8-14-2-4-15(5-3-14)17-7-6-16(22)12-18(17)21/h6-7,12,14-15,24H,2-5,8-11,13H2,1H3,(H,23,25)/t14-,15+,20?. The lowest BCUT2D eigenvalue weighted by atomic mass is 9.77. The Morgan fingerprint density at radius 3 is 2.76 bits per heavy atom. The number of amides is 1. The van der Waals surface area contributed by atoms with Crippen molar-refractivity contribution in [2.45, 2.75) is 63.3 Å². The fraction of sp³-hybridized carbons (Fsp3) is 0.650. The van der Waals surface area contributed by atoms with E-state index in [-0.39, 0.29) is 17.3 Å². The van der Waals surface area contributed by atoms with E-state index in [0.29, 0.717) is 17.4 Å². The van der Waals surface area contributed by atoms with Crippen LogP contribution in [0, 0.1) is 11.7 Å².